The first-order valence-corrected chi connectivity index (χ1v) is 5.61. The third kappa shape index (κ3) is 3.65. The van der Waals surface area contributed by atoms with Crippen LogP contribution >= 0.6 is 0 Å². The van der Waals surface area contributed by atoms with Crippen molar-refractivity contribution in [3.63, 3.8) is 0 Å². The van der Waals surface area contributed by atoms with Crippen LogP contribution in [0.15, 0.2) is 0 Å². The first kappa shape index (κ1) is 11.0. The van der Waals surface area contributed by atoms with E-state index in [1.54, 1.807) is 0 Å². The van der Waals surface area contributed by atoms with Crippen molar-refractivity contribution in [3.05, 3.63) is 0 Å². The summed E-state index contributed by atoms with van der Waals surface area (Å²) in [5.74, 6) is 0.774. The van der Waals surface area contributed by atoms with Gasteiger partial charge in [-0.1, -0.05) is 25.7 Å². The summed E-state index contributed by atoms with van der Waals surface area (Å²) >= 11 is 0. The molecule has 1 aliphatic rings. The summed E-state index contributed by atoms with van der Waals surface area (Å²) in [6, 6.07) is 0. The minimum absolute atomic E-state index is 0.420. The van der Waals surface area contributed by atoms with E-state index in [1.807, 2.05) is 7.11 Å². The van der Waals surface area contributed by atoms with Gasteiger partial charge in [0, 0.05) is 7.11 Å². The highest BCUT2D eigenvalue weighted by molar-refractivity contribution is 4.73. The largest absolute Gasteiger partial charge is 0.381 e. The lowest BCUT2D eigenvalue weighted by atomic mass is 9.92. The second-order valence-corrected chi connectivity index (χ2v) is 4.10. The highest BCUT2D eigenvalue weighted by Crippen LogP contribution is 2.27. The molecule has 0 bridgehead atoms. The second-order valence-electron chi connectivity index (χ2n) is 4.10. The standard InChI is InChI=1S/C11H23NO/c1-13-11(8-9-12)10-6-4-2-3-5-7-10/h10-11H,2-9,12H2,1H3. The Morgan fingerprint density at radius 2 is 1.85 bits per heavy atom. The first-order chi connectivity index (χ1) is 6.38. The molecule has 0 spiro atoms. The summed E-state index contributed by atoms with van der Waals surface area (Å²) in [5, 5.41) is 0. The van der Waals surface area contributed by atoms with Crippen molar-refractivity contribution in [2.24, 2.45) is 11.7 Å². The third-order valence-electron chi connectivity index (χ3n) is 3.18. The average Bonchev–Trinajstić information content (AvgIpc) is 2.42. The van der Waals surface area contributed by atoms with E-state index in [1.165, 1.54) is 38.5 Å². The van der Waals surface area contributed by atoms with Crippen molar-refractivity contribution < 1.29 is 4.74 Å². The van der Waals surface area contributed by atoms with Gasteiger partial charge in [0.25, 0.3) is 0 Å². The Morgan fingerprint density at radius 1 is 1.23 bits per heavy atom. The van der Waals surface area contributed by atoms with E-state index in [2.05, 4.69) is 0 Å². The molecule has 13 heavy (non-hydrogen) atoms. The highest BCUT2D eigenvalue weighted by atomic mass is 16.5. The zero-order chi connectivity index (χ0) is 9.52. The van der Waals surface area contributed by atoms with Crippen LogP contribution in [0.25, 0.3) is 0 Å². The molecule has 1 unspecified atom stereocenters. The molecule has 78 valence electrons. The van der Waals surface area contributed by atoms with Crippen molar-refractivity contribution in [2.45, 2.75) is 51.0 Å². The molecule has 1 rings (SSSR count). The van der Waals surface area contributed by atoms with Crippen LogP contribution < -0.4 is 5.73 Å². The zero-order valence-corrected chi connectivity index (χ0v) is 8.80. The van der Waals surface area contributed by atoms with Crippen LogP contribution in [0.5, 0.6) is 0 Å². The van der Waals surface area contributed by atoms with Gasteiger partial charge in [-0.2, -0.15) is 0 Å². The van der Waals surface area contributed by atoms with Crippen LogP contribution in [0.1, 0.15) is 44.9 Å². The Kier molecular flexibility index (Phi) is 5.40. The molecule has 0 radical (unpaired) electrons. The van der Waals surface area contributed by atoms with Gasteiger partial charge in [-0.05, 0) is 31.7 Å². The van der Waals surface area contributed by atoms with Crippen LogP contribution in [0.3, 0.4) is 0 Å². The van der Waals surface area contributed by atoms with Gasteiger partial charge in [0.1, 0.15) is 0 Å². The van der Waals surface area contributed by atoms with Crippen molar-refractivity contribution in [2.75, 3.05) is 13.7 Å². The molecule has 2 N–H and O–H groups in total. The van der Waals surface area contributed by atoms with E-state index in [4.69, 9.17) is 10.5 Å². The summed E-state index contributed by atoms with van der Waals surface area (Å²) in [6.45, 7) is 0.759. The van der Waals surface area contributed by atoms with E-state index < -0.39 is 0 Å². The van der Waals surface area contributed by atoms with E-state index >= 15 is 0 Å². The van der Waals surface area contributed by atoms with E-state index in [0.29, 0.717) is 6.10 Å². The highest BCUT2D eigenvalue weighted by Gasteiger charge is 2.21. The van der Waals surface area contributed by atoms with Crippen molar-refractivity contribution in [1.82, 2.24) is 0 Å². The van der Waals surface area contributed by atoms with Gasteiger partial charge < -0.3 is 10.5 Å². The molecule has 2 heteroatoms. The lowest BCUT2D eigenvalue weighted by Gasteiger charge is -2.24. The minimum Gasteiger partial charge on any atom is -0.381 e. The van der Waals surface area contributed by atoms with Crippen molar-refractivity contribution in [1.29, 1.82) is 0 Å². The second kappa shape index (κ2) is 6.39. The van der Waals surface area contributed by atoms with Crippen molar-refractivity contribution in [3.8, 4) is 0 Å². The average molecular weight is 185 g/mol. The predicted molar refractivity (Wildman–Crippen MR) is 55.7 cm³/mol. The maximum absolute atomic E-state index is 5.57. The fraction of sp³-hybridized carbons (Fsp3) is 1.00. The summed E-state index contributed by atoms with van der Waals surface area (Å²) in [7, 11) is 1.82. The number of ether oxygens (including phenoxy) is 1. The summed E-state index contributed by atoms with van der Waals surface area (Å²) < 4.78 is 5.51. The monoisotopic (exact) mass is 185 g/mol. The molecular weight excluding hydrogens is 162 g/mol. The van der Waals surface area contributed by atoms with Gasteiger partial charge in [-0.15, -0.1) is 0 Å². The molecule has 0 aromatic heterocycles. The number of rotatable bonds is 4. The molecule has 2 nitrogen and oxygen atoms in total. The smallest absolute Gasteiger partial charge is 0.0611 e. The van der Waals surface area contributed by atoms with E-state index in [-0.39, 0.29) is 0 Å². The van der Waals surface area contributed by atoms with Gasteiger partial charge in [-0.3, -0.25) is 0 Å². The third-order valence-corrected chi connectivity index (χ3v) is 3.18. The number of hydrogen-bond donors (Lipinski definition) is 1. The fourth-order valence-electron chi connectivity index (χ4n) is 2.39. The quantitative estimate of drug-likeness (QED) is 0.682. The van der Waals surface area contributed by atoms with Crippen LogP contribution in [-0.4, -0.2) is 19.8 Å². The molecule has 1 atom stereocenters. The van der Waals surface area contributed by atoms with Gasteiger partial charge in [0.05, 0.1) is 6.10 Å². The molecule has 0 aromatic carbocycles. The van der Waals surface area contributed by atoms with Gasteiger partial charge in [-0.25, -0.2) is 0 Å². The van der Waals surface area contributed by atoms with Crippen molar-refractivity contribution >= 4 is 0 Å². The Morgan fingerprint density at radius 3 is 2.31 bits per heavy atom. The van der Waals surface area contributed by atoms with Gasteiger partial charge in [0.2, 0.25) is 0 Å². The Labute approximate surface area is 81.8 Å². The van der Waals surface area contributed by atoms with Crippen LogP contribution in [0.2, 0.25) is 0 Å². The molecule has 0 aliphatic heterocycles. The van der Waals surface area contributed by atoms with E-state index in [9.17, 15) is 0 Å². The fourth-order valence-corrected chi connectivity index (χ4v) is 2.39. The maximum atomic E-state index is 5.57. The summed E-state index contributed by atoms with van der Waals surface area (Å²) in [4.78, 5) is 0. The SMILES string of the molecule is COC(CCN)C1CCCCCC1. The molecule has 0 aromatic rings. The number of methoxy groups -OCH3 is 1. The Hall–Kier alpha value is -0.0800. The number of hydrogen-bond acceptors (Lipinski definition) is 2. The summed E-state index contributed by atoms with van der Waals surface area (Å²) in [5.41, 5.74) is 5.57. The molecule has 1 fully saturated rings. The van der Waals surface area contributed by atoms with Gasteiger partial charge in [0.15, 0.2) is 0 Å². The molecule has 1 aliphatic carbocycles. The predicted octanol–water partition coefficient (Wildman–Crippen LogP) is 2.32. The Bertz CT molecular complexity index is 119. The zero-order valence-electron chi connectivity index (χ0n) is 8.80. The maximum Gasteiger partial charge on any atom is 0.0611 e. The lowest BCUT2D eigenvalue weighted by Crippen LogP contribution is -2.25. The molecule has 0 heterocycles. The van der Waals surface area contributed by atoms with Gasteiger partial charge >= 0.3 is 0 Å². The van der Waals surface area contributed by atoms with Crippen LogP contribution in [0.4, 0.5) is 0 Å². The minimum atomic E-state index is 0.420. The molecule has 0 amide bonds. The molecule has 0 saturated heterocycles. The number of nitrogens with two attached hydrogens (primary N) is 1. The van der Waals surface area contributed by atoms with E-state index in [0.717, 1.165) is 18.9 Å². The van der Waals surface area contributed by atoms with Crippen LogP contribution in [0, 0.1) is 5.92 Å². The van der Waals surface area contributed by atoms with Crippen LogP contribution in [-0.2, 0) is 4.74 Å². The topological polar surface area (TPSA) is 35.2 Å². The Balaban J connectivity index is 2.35. The molecule has 1 saturated carbocycles. The summed E-state index contributed by atoms with van der Waals surface area (Å²) in [6.07, 6.45) is 9.73. The first-order valence-electron chi connectivity index (χ1n) is 5.61. The lowest BCUT2D eigenvalue weighted by molar-refractivity contribution is 0.0411. The normalized spacial score (nSPS) is 22.6. The molecular formula is C11H23NO.